The quantitative estimate of drug-likeness (QED) is 0.576. The van der Waals surface area contributed by atoms with E-state index in [2.05, 4.69) is 20.8 Å². The molecule has 30 heavy (non-hydrogen) atoms. The number of thioether (sulfide) groups is 1. The lowest BCUT2D eigenvalue weighted by atomic mass is 9.95. The van der Waals surface area contributed by atoms with E-state index in [1.54, 1.807) is 12.1 Å². The summed E-state index contributed by atoms with van der Waals surface area (Å²) in [6, 6.07) is 5.06. The summed E-state index contributed by atoms with van der Waals surface area (Å²) in [5.41, 5.74) is 0.447. The van der Waals surface area contributed by atoms with Crippen LogP contribution >= 0.6 is 35.0 Å². The van der Waals surface area contributed by atoms with Crippen LogP contribution < -0.4 is 10.6 Å². The average Bonchev–Trinajstić information content (AvgIpc) is 3.08. The number of benzene rings is 1. The molecule has 1 aromatic heterocycles. The van der Waals surface area contributed by atoms with Gasteiger partial charge < -0.3 is 15.2 Å². The van der Waals surface area contributed by atoms with Gasteiger partial charge in [0, 0.05) is 31.6 Å². The van der Waals surface area contributed by atoms with E-state index >= 15 is 0 Å². The van der Waals surface area contributed by atoms with Crippen LogP contribution in [-0.4, -0.2) is 44.9 Å². The normalized spacial score (nSPS) is 14.5. The zero-order valence-corrected chi connectivity index (χ0v) is 19.1. The highest BCUT2D eigenvalue weighted by molar-refractivity contribution is 7.99. The van der Waals surface area contributed by atoms with Crippen molar-refractivity contribution < 1.29 is 9.59 Å². The number of nitrogens with zero attached hydrogens (tertiary/aromatic N) is 3. The van der Waals surface area contributed by atoms with Gasteiger partial charge in [-0.05, 0) is 31.0 Å². The van der Waals surface area contributed by atoms with Gasteiger partial charge in [-0.2, -0.15) is 0 Å². The lowest BCUT2D eigenvalue weighted by molar-refractivity contribution is -0.119. The van der Waals surface area contributed by atoms with Crippen LogP contribution in [-0.2, 0) is 18.3 Å². The van der Waals surface area contributed by atoms with Crippen LogP contribution in [0.15, 0.2) is 23.4 Å². The van der Waals surface area contributed by atoms with Crippen molar-refractivity contribution in [1.29, 1.82) is 0 Å². The van der Waals surface area contributed by atoms with Gasteiger partial charge in [0.1, 0.15) is 5.82 Å². The second-order valence-corrected chi connectivity index (χ2v) is 9.04. The van der Waals surface area contributed by atoms with E-state index in [0.29, 0.717) is 45.5 Å². The number of amides is 2. The Kier molecular flexibility index (Phi) is 8.41. The first kappa shape index (κ1) is 22.9. The molecule has 1 aliphatic rings. The molecule has 7 nitrogen and oxygen atoms in total. The number of rotatable bonds is 8. The number of hydrogen-bond donors (Lipinski definition) is 2. The first-order valence-corrected chi connectivity index (χ1v) is 11.7. The molecule has 1 aliphatic carbocycles. The Hall–Kier alpha value is -1.77. The molecule has 0 spiro atoms. The van der Waals surface area contributed by atoms with Crippen LogP contribution in [0.25, 0.3) is 0 Å². The second kappa shape index (κ2) is 11.0. The number of hydrogen-bond acceptors (Lipinski definition) is 5. The maximum atomic E-state index is 12.2. The molecule has 0 atom stereocenters. The Balaban J connectivity index is 1.43. The number of halogens is 2. The zero-order chi connectivity index (χ0) is 21.5. The van der Waals surface area contributed by atoms with E-state index in [0.717, 1.165) is 18.7 Å². The van der Waals surface area contributed by atoms with E-state index in [1.807, 2.05) is 11.6 Å². The van der Waals surface area contributed by atoms with E-state index in [1.165, 1.54) is 37.1 Å². The van der Waals surface area contributed by atoms with Crippen molar-refractivity contribution in [3.63, 3.8) is 0 Å². The third-order valence-corrected chi connectivity index (χ3v) is 6.80. The van der Waals surface area contributed by atoms with E-state index in [4.69, 9.17) is 23.2 Å². The molecule has 10 heteroatoms. The Bertz CT molecular complexity index is 899. The van der Waals surface area contributed by atoms with Gasteiger partial charge in [-0.25, -0.2) is 0 Å². The van der Waals surface area contributed by atoms with Gasteiger partial charge in [0.15, 0.2) is 5.16 Å². The number of carbonyl (C=O) groups is 2. The topological polar surface area (TPSA) is 88.9 Å². The third kappa shape index (κ3) is 6.36. The van der Waals surface area contributed by atoms with Crippen molar-refractivity contribution >= 4 is 46.8 Å². The number of nitrogens with one attached hydrogen (secondary N) is 2. The summed E-state index contributed by atoms with van der Waals surface area (Å²) in [5, 5.41) is 15.7. The van der Waals surface area contributed by atoms with Crippen molar-refractivity contribution in [2.45, 2.75) is 49.7 Å². The molecular formula is C20H25Cl2N5O2S. The average molecular weight is 470 g/mol. The fourth-order valence-electron chi connectivity index (χ4n) is 3.36. The first-order chi connectivity index (χ1) is 14.4. The minimum atomic E-state index is -0.232. The summed E-state index contributed by atoms with van der Waals surface area (Å²) in [7, 11) is 1.86. The summed E-state index contributed by atoms with van der Waals surface area (Å²) in [4.78, 5) is 24.4. The van der Waals surface area contributed by atoms with Crippen LogP contribution in [0.5, 0.6) is 0 Å². The molecule has 162 valence electrons. The number of aromatic nitrogens is 3. The first-order valence-electron chi connectivity index (χ1n) is 9.97. The molecule has 1 saturated carbocycles. The summed E-state index contributed by atoms with van der Waals surface area (Å²) in [5.74, 6) is 0.853. The molecule has 0 unspecified atom stereocenters. The van der Waals surface area contributed by atoms with Crippen molar-refractivity contribution in [1.82, 2.24) is 25.4 Å². The van der Waals surface area contributed by atoms with Crippen molar-refractivity contribution in [3.8, 4) is 0 Å². The number of carbonyl (C=O) groups excluding carboxylic acids is 2. The minimum Gasteiger partial charge on any atom is -0.353 e. The second-order valence-electron chi connectivity index (χ2n) is 7.28. The monoisotopic (exact) mass is 469 g/mol. The maximum absolute atomic E-state index is 12.2. The summed E-state index contributed by atoms with van der Waals surface area (Å²) in [6.07, 6.45) is 6.29. The lowest BCUT2D eigenvalue weighted by Crippen LogP contribution is -2.37. The minimum absolute atomic E-state index is 0.0327. The van der Waals surface area contributed by atoms with Gasteiger partial charge in [-0.3, -0.25) is 9.59 Å². The van der Waals surface area contributed by atoms with Crippen LogP contribution in [0.4, 0.5) is 0 Å². The Labute approximate surface area is 190 Å². The Morgan fingerprint density at radius 2 is 1.93 bits per heavy atom. The summed E-state index contributed by atoms with van der Waals surface area (Å²) < 4.78 is 1.85. The molecule has 0 radical (unpaired) electrons. The summed E-state index contributed by atoms with van der Waals surface area (Å²) >= 11 is 13.2. The van der Waals surface area contributed by atoms with Crippen LogP contribution in [0.1, 0.15) is 48.3 Å². The highest BCUT2D eigenvalue weighted by Crippen LogP contribution is 2.22. The third-order valence-electron chi connectivity index (χ3n) is 5.04. The molecule has 2 N–H and O–H groups in total. The van der Waals surface area contributed by atoms with Crippen molar-refractivity contribution in [3.05, 3.63) is 39.6 Å². The zero-order valence-electron chi connectivity index (χ0n) is 16.8. The summed E-state index contributed by atoms with van der Waals surface area (Å²) in [6.45, 7) is 0.401. The molecule has 0 aliphatic heterocycles. The highest BCUT2D eigenvalue weighted by Gasteiger charge is 2.17. The SMILES string of the molecule is Cn1c(CCNC(=O)c2ccc(Cl)c(Cl)c2)nnc1SCC(=O)NC1CCCCC1. The maximum Gasteiger partial charge on any atom is 0.251 e. The molecule has 2 amide bonds. The van der Waals surface area contributed by atoms with Gasteiger partial charge in [0.05, 0.1) is 15.8 Å². The van der Waals surface area contributed by atoms with Gasteiger partial charge in [-0.15, -0.1) is 10.2 Å². The van der Waals surface area contributed by atoms with Crippen LogP contribution in [0.2, 0.25) is 10.0 Å². The molecule has 0 saturated heterocycles. The van der Waals surface area contributed by atoms with Crippen molar-refractivity contribution in [2.75, 3.05) is 12.3 Å². The fraction of sp³-hybridized carbons (Fsp3) is 0.500. The van der Waals surface area contributed by atoms with Gasteiger partial charge in [0.2, 0.25) is 5.91 Å². The Morgan fingerprint density at radius 3 is 2.67 bits per heavy atom. The molecule has 1 heterocycles. The molecule has 3 rings (SSSR count). The van der Waals surface area contributed by atoms with Gasteiger partial charge in [0.25, 0.3) is 5.91 Å². The molecule has 1 fully saturated rings. The van der Waals surface area contributed by atoms with Crippen molar-refractivity contribution in [2.24, 2.45) is 7.05 Å². The molecule has 0 bridgehead atoms. The predicted octanol–water partition coefficient (Wildman–Crippen LogP) is 3.64. The van der Waals surface area contributed by atoms with Crippen LogP contribution in [0.3, 0.4) is 0 Å². The predicted molar refractivity (Wildman–Crippen MR) is 119 cm³/mol. The fourth-order valence-corrected chi connectivity index (χ4v) is 4.40. The largest absolute Gasteiger partial charge is 0.353 e. The smallest absolute Gasteiger partial charge is 0.251 e. The standard InChI is InChI=1S/C20H25Cl2N5O2S/c1-27-17(9-10-23-19(29)13-7-8-15(21)16(22)11-13)25-26-20(27)30-12-18(28)24-14-5-3-2-4-6-14/h7-8,11,14H,2-6,9-10,12H2,1H3,(H,23,29)(H,24,28). The molecular weight excluding hydrogens is 445 g/mol. The van der Waals surface area contributed by atoms with Gasteiger partial charge >= 0.3 is 0 Å². The van der Waals surface area contributed by atoms with Gasteiger partial charge in [-0.1, -0.05) is 54.2 Å². The van der Waals surface area contributed by atoms with E-state index in [9.17, 15) is 9.59 Å². The molecule has 1 aromatic carbocycles. The lowest BCUT2D eigenvalue weighted by Gasteiger charge is -2.22. The van der Waals surface area contributed by atoms with E-state index in [-0.39, 0.29) is 11.8 Å². The highest BCUT2D eigenvalue weighted by atomic mass is 35.5. The van der Waals surface area contributed by atoms with Crippen LogP contribution in [0, 0.1) is 0 Å². The Morgan fingerprint density at radius 1 is 1.17 bits per heavy atom. The molecule has 2 aromatic rings. The van der Waals surface area contributed by atoms with E-state index < -0.39 is 0 Å².